The van der Waals surface area contributed by atoms with Crippen LogP contribution in [0.25, 0.3) is 0 Å². The van der Waals surface area contributed by atoms with Crippen LogP contribution in [0.1, 0.15) is 33.6 Å². The molecule has 0 bridgehead atoms. The van der Waals surface area contributed by atoms with Crippen molar-refractivity contribution in [1.29, 1.82) is 0 Å². The maximum atomic E-state index is 11.4. The van der Waals surface area contributed by atoms with Crippen molar-refractivity contribution in [2.75, 3.05) is 0 Å². The van der Waals surface area contributed by atoms with Crippen LogP contribution >= 0.6 is 0 Å². The summed E-state index contributed by atoms with van der Waals surface area (Å²) in [5, 5.41) is 2.90. The number of hydrogen-bond donors (Lipinski definition) is 2. The summed E-state index contributed by atoms with van der Waals surface area (Å²) < 4.78 is 0. The molecule has 1 rings (SSSR count). The molecule has 1 aliphatic carbocycles. The summed E-state index contributed by atoms with van der Waals surface area (Å²) in [6.07, 6.45) is 2.23. The fraction of sp³-hybridized carbons (Fsp3) is 0.889. The Morgan fingerprint density at radius 1 is 1.50 bits per heavy atom. The van der Waals surface area contributed by atoms with Gasteiger partial charge in [-0.15, -0.1) is 0 Å². The van der Waals surface area contributed by atoms with E-state index in [0.717, 1.165) is 12.8 Å². The van der Waals surface area contributed by atoms with Gasteiger partial charge in [-0.05, 0) is 18.3 Å². The van der Waals surface area contributed by atoms with Crippen molar-refractivity contribution in [3.8, 4) is 0 Å². The van der Waals surface area contributed by atoms with Gasteiger partial charge < -0.3 is 11.1 Å². The quantitative estimate of drug-likeness (QED) is 0.639. The van der Waals surface area contributed by atoms with Gasteiger partial charge >= 0.3 is 0 Å². The Morgan fingerprint density at radius 3 is 2.33 bits per heavy atom. The van der Waals surface area contributed by atoms with Gasteiger partial charge in [-0.25, -0.2) is 0 Å². The predicted octanol–water partition coefficient (Wildman–Crippen LogP) is 0.638. The van der Waals surface area contributed by atoms with Gasteiger partial charge in [0.05, 0.1) is 6.04 Å². The third kappa shape index (κ3) is 2.48. The van der Waals surface area contributed by atoms with Gasteiger partial charge in [-0.3, -0.25) is 4.79 Å². The molecule has 3 heteroatoms. The summed E-state index contributed by atoms with van der Waals surface area (Å²) in [7, 11) is 0. The number of rotatable bonds is 2. The summed E-state index contributed by atoms with van der Waals surface area (Å²) in [4.78, 5) is 11.4. The maximum absolute atomic E-state index is 11.4. The van der Waals surface area contributed by atoms with Crippen LogP contribution in [0.15, 0.2) is 0 Å². The molecule has 0 saturated heterocycles. The average Bonchev–Trinajstić information content (AvgIpc) is 2.68. The van der Waals surface area contributed by atoms with E-state index in [1.54, 1.807) is 0 Å². The second-order valence-corrected chi connectivity index (χ2v) is 4.63. The molecular weight excluding hydrogens is 152 g/mol. The van der Waals surface area contributed by atoms with Crippen LogP contribution in [0.4, 0.5) is 0 Å². The molecule has 70 valence electrons. The van der Waals surface area contributed by atoms with Crippen molar-refractivity contribution in [3.63, 3.8) is 0 Å². The molecule has 0 unspecified atom stereocenters. The fourth-order valence-corrected chi connectivity index (χ4v) is 0.912. The minimum atomic E-state index is -0.391. The topological polar surface area (TPSA) is 55.1 Å². The highest BCUT2D eigenvalue weighted by Crippen LogP contribution is 2.21. The minimum Gasteiger partial charge on any atom is -0.352 e. The molecule has 1 saturated carbocycles. The first kappa shape index (κ1) is 9.52. The van der Waals surface area contributed by atoms with Gasteiger partial charge in [0.2, 0.25) is 5.91 Å². The molecule has 3 N–H and O–H groups in total. The lowest BCUT2D eigenvalue weighted by molar-refractivity contribution is -0.124. The van der Waals surface area contributed by atoms with Gasteiger partial charge in [0.25, 0.3) is 0 Å². The van der Waals surface area contributed by atoms with E-state index < -0.39 is 6.04 Å². The molecule has 0 aromatic rings. The van der Waals surface area contributed by atoms with Gasteiger partial charge in [0.1, 0.15) is 0 Å². The molecule has 1 aliphatic rings. The predicted molar refractivity (Wildman–Crippen MR) is 48.6 cm³/mol. The molecule has 1 amide bonds. The lowest BCUT2D eigenvalue weighted by Crippen LogP contribution is -2.49. The Bertz CT molecular complexity index is 179. The Morgan fingerprint density at radius 2 is 2.00 bits per heavy atom. The first-order valence-electron chi connectivity index (χ1n) is 4.47. The summed E-state index contributed by atoms with van der Waals surface area (Å²) in [5.74, 6) is -0.00926. The van der Waals surface area contributed by atoms with Crippen molar-refractivity contribution in [2.45, 2.75) is 45.7 Å². The highest BCUT2D eigenvalue weighted by molar-refractivity contribution is 5.82. The van der Waals surface area contributed by atoms with E-state index in [1.807, 2.05) is 20.8 Å². The van der Waals surface area contributed by atoms with Crippen molar-refractivity contribution in [1.82, 2.24) is 5.32 Å². The van der Waals surface area contributed by atoms with Crippen LogP contribution in [0.2, 0.25) is 0 Å². The Labute approximate surface area is 73.7 Å². The average molecular weight is 170 g/mol. The number of hydrogen-bond acceptors (Lipinski definition) is 2. The molecule has 0 radical (unpaired) electrons. The first-order chi connectivity index (χ1) is 5.41. The zero-order valence-corrected chi connectivity index (χ0v) is 8.05. The van der Waals surface area contributed by atoms with Gasteiger partial charge in [-0.1, -0.05) is 20.8 Å². The van der Waals surface area contributed by atoms with Gasteiger partial charge in [-0.2, -0.15) is 0 Å². The fourth-order valence-electron chi connectivity index (χ4n) is 0.912. The standard InChI is InChI=1S/C9H18N2O/c1-9(2,3)7(10)8(12)11-6-4-5-6/h6-7H,4-5,10H2,1-3H3,(H,11,12)/t7-/m0/s1. The highest BCUT2D eigenvalue weighted by atomic mass is 16.2. The van der Waals surface area contributed by atoms with Crippen molar-refractivity contribution >= 4 is 5.91 Å². The lowest BCUT2D eigenvalue weighted by atomic mass is 9.87. The second-order valence-electron chi connectivity index (χ2n) is 4.63. The summed E-state index contributed by atoms with van der Waals surface area (Å²) in [6.45, 7) is 5.93. The smallest absolute Gasteiger partial charge is 0.237 e. The highest BCUT2D eigenvalue weighted by Gasteiger charge is 2.31. The van der Waals surface area contributed by atoms with E-state index in [4.69, 9.17) is 5.73 Å². The molecule has 1 atom stereocenters. The van der Waals surface area contributed by atoms with Crippen LogP contribution in [0.5, 0.6) is 0 Å². The Hall–Kier alpha value is -0.570. The molecule has 12 heavy (non-hydrogen) atoms. The lowest BCUT2D eigenvalue weighted by Gasteiger charge is -2.25. The molecular formula is C9H18N2O. The van der Waals surface area contributed by atoms with E-state index in [9.17, 15) is 4.79 Å². The van der Waals surface area contributed by atoms with Crippen molar-refractivity contribution in [2.24, 2.45) is 11.1 Å². The van der Waals surface area contributed by atoms with Crippen molar-refractivity contribution < 1.29 is 4.79 Å². The molecule has 0 aromatic carbocycles. The van der Waals surface area contributed by atoms with Crippen LogP contribution in [0.3, 0.4) is 0 Å². The largest absolute Gasteiger partial charge is 0.352 e. The summed E-state index contributed by atoms with van der Waals surface area (Å²) in [5.41, 5.74) is 5.62. The Kier molecular flexibility index (Phi) is 2.42. The van der Waals surface area contributed by atoms with Crippen LogP contribution in [0, 0.1) is 5.41 Å². The number of carbonyl (C=O) groups excluding carboxylic acids is 1. The number of nitrogens with one attached hydrogen (secondary N) is 1. The van der Waals surface area contributed by atoms with Crippen LogP contribution in [-0.4, -0.2) is 18.0 Å². The van der Waals surface area contributed by atoms with E-state index in [2.05, 4.69) is 5.32 Å². The SMILES string of the molecule is CC(C)(C)[C@@H](N)C(=O)NC1CC1. The van der Waals surface area contributed by atoms with Crippen molar-refractivity contribution in [3.05, 3.63) is 0 Å². The zero-order chi connectivity index (χ0) is 9.35. The van der Waals surface area contributed by atoms with E-state index in [0.29, 0.717) is 6.04 Å². The molecule has 0 spiro atoms. The number of nitrogens with two attached hydrogens (primary N) is 1. The normalized spacial score (nSPS) is 20.3. The molecule has 3 nitrogen and oxygen atoms in total. The summed E-state index contributed by atoms with van der Waals surface area (Å²) in [6, 6.07) is 0.0176. The molecule has 0 aromatic heterocycles. The van der Waals surface area contributed by atoms with Gasteiger partial charge in [0.15, 0.2) is 0 Å². The maximum Gasteiger partial charge on any atom is 0.237 e. The minimum absolute atomic E-state index is 0.00926. The van der Waals surface area contributed by atoms with E-state index in [1.165, 1.54) is 0 Å². The van der Waals surface area contributed by atoms with Crippen LogP contribution in [-0.2, 0) is 4.79 Å². The van der Waals surface area contributed by atoms with E-state index in [-0.39, 0.29) is 11.3 Å². The number of carbonyl (C=O) groups is 1. The second kappa shape index (κ2) is 3.05. The van der Waals surface area contributed by atoms with Crippen LogP contribution < -0.4 is 11.1 Å². The Balaban J connectivity index is 2.39. The number of amides is 1. The monoisotopic (exact) mass is 170 g/mol. The molecule has 0 aliphatic heterocycles. The summed E-state index contributed by atoms with van der Waals surface area (Å²) >= 11 is 0. The molecule has 1 fully saturated rings. The first-order valence-corrected chi connectivity index (χ1v) is 4.47. The van der Waals surface area contributed by atoms with E-state index >= 15 is 0 Å². The molecule has 0 heterocycles. The third-order valence-electron chi connectivity index (χ3n) is 2.14. The third-order valence-corrected chi connectivity index (χ3v) is 2.14. The zero-order valence-electron chi connectivity index (χ0n) is 8.05. The van der Waals surface area contributed by atoms with Gasteiger partial charge in [0, 0.05) is 6.04 Å².